The Morgan fingerprint density at radius 1 is 1.22 bits per heavy atom. The summed E-state index contributed by atoms with van der Waals surface area (Å²) in [5.41, 5.74) is 1.22. The molecule has 4 heterocycles. The lowest BCUT2D eigenvalue weighted by Crippen LogP contribution is -2.35. The number of anilines is 1. The number of nitrogens with zero attached hydrogens (tertiary/aromatic N) is 4. The molecule has 0 bridgehead atoms. The molecule has 0 unspecified atom stereocenters. The average molecular weight is 470 g/mol. The van der Waals surface area contributed by atoms with Crippen molar-refractivity contribution in [2.75, 3.05) is 45.2 Å². The summed E-state index contributed by atoms with van der Waals surface area (Å²) >= 11 is 7.70. The first-order chi connectivity index (χ1) is 15.4. The molecule has 3 aromatic heterocycles. The maximum Gasteiger partial charge on any atom is 0.258 e. The van der Waals surface area contributed by atoms with Gasteiger partial charge in [-0.15, -0.1) is 11.3 Å². The van der Waals surface area contributed by atoms with Crippen LogP contribution < -0.4 is 15.6 Å². The number of hydrogen-bond acceptors (Lipinski definition) is 6. The molecule has 1 amide bonds. The lowest BCUT2D eigenvalue weighted by molar-refractivity contribution is 0.0950. The molecule has 1 fully saturated rings. The molecule has 0 atom stereocenters. The zero-order valence-corrected chi connectivity index (χ0v) is 19.6. The van der Waals surface area contributed by atoms with E-state index in [1.807, 2.05) is 41.6 Å². The molecule has 1 aliphatic heterocycles. The Balaban J connectivity index is 1.68. The largest absolute Gasteiger partial charge is 0.363 e. The van der Waals surface area contributed by atoms with E-state index < -0.39 is 0 Å². The molecule has 5 rings (SSSR count). The van der Waals surface area contributed by atoms with E-state index in [1.165, 1.54) is 24.2 Å². The van der Waals surface area contributed by atoms with Crippen LogP contribution in [0.25, 0.3) is 26.1 Å². The number of hydrogen-bond donors (Lipinski definition) is 1. The summed E-state index contributed by atoms with van der Waals surface area (Å²) in [7, 11) is 3.80. The second kappa shape index (κ2) is 8.35. The lowest BCUT2D eigenvalue weighted by atomic mass is 10.1. The Morgan fingerprint density at radius 2 is 2.00 bits per heavy atom. The van der Waals surface area contributed by atoms with Gasteiger partial charge in [-0.1, -0.05) is 11.6 Å². The van der Waals surface area contributed by atoms with Gasteiger partial charge >= 0.3 is 0 Å². The number of aromatic nitrogens is 2. The van der Waals surface area contributed by atoms with Crippen LogP contribution in [0.15, 0.2) is 35.1 Å². The fourth-order valence-corrected chi connectivity index (χ4v) is 5.60. The first kappa shape index (κ1) is 21.2. The van der Waals surface area contributed by atoms with Crippen molar-refractivity contribution in [1.29, 1.82) is 0 Å². The molecule has 1 aromatic carbocycles. The first-order valence-electron chi connectivity index (χ1n) is 10.7. The summed E-state index contributed by atoms with van der Waals surface area (Å²) in [5.74, 6) is 0.387. The molecule has 4 aromatic rings. The smallest absolute Gasteiger partial charge is 0.258 e. The lowest BCUT2D eigenvalue weighted by Gasteiger charge is -2.15. The van der Waals surface area contributed by atoms with Crippen LogP contribution in [-0.4, -0.2) is 60.5 Å². The molecule has 1 saturated heterocycles. The van der Waals surface area contributed by atoms with Crippen molar-refractivity contribution in [2.24, 2.45) is 0 Å². The van der Waals surface area contributed by atoms with E-state index >= 15 is 0 Å². The topological polar surface area (TPSA) is 70.0 Å². The number of fused-ring (bicyclic) bond motifs is 5. The number of thiazole rings is 1. The second-order valence-electron chi connectivity index (χ2n) is 8.30. The van der Waals surface area contributed by atoms with Gasteiger partial charge in [0.1, 0.15) is 16.2 Å². The predicted molar refractivity (Wildman–Crippen MR) is 132 cm³/mol. The molecule has 0 radical (unpaired) electrons. The van der Waals surface area contributed by atoms with E-state index in [-0.39, 0.29) is 16.9 Å². The third kappa shape index (κ3) is 3.62. The van der Waals surface area contributed by atoms with Crippen LogP contribution in [-0.2, 0) is 0 Å². The standard InChI is InChI=1S/C23H24ClN5O2S/c1-27(2)18-8-6-15-20(30)19(22(31)25-9-12-28-10-3-4-11-28)23-29(21(15)26-18)16-13-14(24)5-7-17(16)32-23/h5-8,13H,3-4,9-12H2,1-2H3,(H,25,31). The predicted octanol–water partition coefficient (Wildman–Crippen LogP) is 3.61. The summed E-state index contributed by atoms with van der Waals surface area (Å²) in [5, 5.41) is 3.97. The van der Waals surface area contributed by atoms with Crippen LogP contribution >= 0.6 is 22.9 Å². The Morgan fingerprint density at radius 3 is 2.75 bits per heavy atom. The SMILES string of the molecule is CN(C)c1ccc2c(=O)c(C(=O)NCCN3CCCC3)c3sc4ccc(Cl)cc4n3c2n1. The maximum atomic E-state index is 13.5. The number of nitrogens with one attached hydrogen (secondary N) is 1. The Kier molecular flexibility index (Phi) is 5.53. The van der Waals surface area contributed by atoms with Gasteiger partial charge in [-0.05, 0) is 56.3 Å². The Bertz CT molecular complexity index is 1400. The number of carbonyl (C=O) groups excluding carboxylic acids is 1. The molecule has 7 nitrogen and oxygen atoms in total. The minimum absolute atomic E-state index is 0.163. The van der Waals surface area contributed by atoms with Crippen LogP contribution in [0.5, 0.6) is 0 Å². The van der Waals surface area contributed by atoms with Crippen molar-refractivity contribution in [3.63, 3.8) is 0 Å². The summed E-state index contributed by atoms with van der Waals surface area (Å²) in [6.07, 6.45) is 2.40. The highest BCUT2D eigenvalue weighted by atomic mass is 35.5. The van der Waals surface area contributed by atoms with E-state index in [2.05, 4.69) is 10.2 Å². The molecule has 166 valence electrons. The number of likely N-dealkylation sites (tertiary alicyclic amines) is 1. The van der Waals surface area contributed by atoms with E-state index in [4.69, 9.17) is 16.6 Å². The van der Waals surface area contributed by atoms with E-state index in [0.29, 0.717) is 27.4 Å². The zero-order valence-electron chi connectivity index (χ0n) is 18.0. The molecule has 0 saturated carbocycles. The highest BCUT2D eigenvalue weighted by molar-refractivity contribution is 7.24. The number of benzene rings is 1. The van der Waals surface area contributed by atoms with Gasteiger partial charge in [0.25, 0.3) is 5.91 Å². The van der Waals surface area contributed by atoms with Crippen molar-refractivity contribution in [3.8, 4) is 0 Å². The normalized spacial score (nSPS) is 14.6. The van der Waals surface area contributed by atoms with Crippen LogP contribution in [0.4, 0.5) is 5.82 Å². The van der Waals surface area contributed by atoms with Crippen molar-refractivity contribution in [1.82, 2.24) is 19.6 Å². The molecular weight excluding hydrogens is 446 g/mol. The monoisotopic (exact) mass is 469 g/mol. The number of halogens is 1. The quantitative estimate of drug-likeness (QED) is 0.483. The van der Waals surface area contributed by atoms with Crippen LogP contribution in [0.2, 0.25) is 5.02 Å². The van der Waals surface area contributed by atoms with Crippen molar-refractivity contribution < 1.29 is 4.79 Å². The van der Waals surface area contributed by atoms with Crippen LogP contribution in [0.1, 0.15) is 23.2 Å². The Labute approximate surface area is 194 Å². The molecule has 0 aliphatic carbocycles. The number of pyridine rings is 2. The van der Waals surface area contributed by atoms with Gasteiger partial charge in [-0.3, -0.25) is 14.0 Å². The van der Waals surface area contributed by atoms with Gasteiger partial charge in [0, 0.05) is 32.2 Å². The average Bonchev–Trinajstić information content (AvgIpc) is 3.41. The van der Waals surface area contributed by atoms with Gasteiger partial charge in [0.2, 0.25) is 5.43 Å². The van der Waals surface area contributed by atoms with E-state index in [1.54, 1.807) is 12.1 Å². The third-order valence-electron chi connectivity index (χ3n) is 5.93. The highest BCUT2D eigenvalue weighted by Gasteiger charge is 2.23. The summed E-state index contributed by atoms with van der Waals surface area (Å²) in [4.78, 5) is 36.2. The van der Waals surface area contributed by atoms with Crippen molar-refractivity contribution in [3.05, 3.63) is 51.1 Å². The summed E-state index contributed by atoms with van der Waals surface area (Å²) in [6, 6.07) is 9.13. The molecule has 32 heavy (non-hydrogen) atoms. The van der Waals surface area contributed by atoms with Gasteiger partial charge in [0.15, 0.2) is 5.65 Å². The Hall–Kier alpha value is -2.68. The van der Waals surface area contributed by atoms with Gasteiger partial charge in [-0.2, -0.15) is 0 Å². The van der Waals surface area contributed by atoms with E-state index in [0.717, 1.165) is 35.7 Å². The number of amides is 1. The molecule has 0 spiro atoms. The fraction of sp³-hybridized carbons (Fsp3) is 0.348. The molecular formula is C23H24ClN5O2S. The molecule has 9 heteroatoms. The van der Waals surface area contributed by atoms with Crippen molar-refractivity contribution in [2.45, 2.75) is 12.8 Å². The number of carbonyl (C=O) groups is 1. The van der Waals surface area contributed by atoms with Crippen molar-refractivity contribution >= 4 is 60.7 Å². The van der Waals surface area contributed by atoms with Crippen LogP contribution in [0.3, 0.4) is 0 Å². The van der Waals surface area contributed by atoms with Gasteiger partial charge in [0.05, 0.1) is 15.6 Å². The van der Waals surface area contributed by atoms with Crippen LogP contribution in [0, 0.1) is 0 Å². The second-order valence-corrected chi connectivity index (χ2v) is 9.77. The fourth-order valence-electron chi connectivity index (χ4n) is 4.27. The maximum absolute atomic E-state index is 13.5. The minimum Gasteiger partial charge on any atom is -0.363 e. The summed E-state index contributed by atoms with van der Waals surface area (Å²) in [6.45, 7) is 3.43. The van der Waals surface area contributed by atoms with Gasteiger partial charge < -0.3 is 15.1 Å². The van der Waals surface area contributed by atoms with Gasteiger partial charge in [-0.25, -0.2) is 4.98 Å². The first-order valence-corrected chi connectivity index (χ1v) is 11.9. The third-order valence-corrected chi connectivity index (χ3v) is 7.31. The number of rotatable bonds is 5. The summed E-state index contributed by atoms with van der Waals surface area (Å²) < 4.78 is 2.83. The minimum atomic E-state index is -0.345. The zero-order chi connectivity index (χ0) is 22.4. The highest BCUT2D eigenvalue weighted by Crippen LogP contribution is 2.32. The van der Waals surface area contributed by atoms with E-state index in [9.17, 15) is 9.59 Å². The molecule has 1 N–H and O–H groups in total. The molecule has 1 aliphatic rings.